The van der Waals surface area contributed by atoms with Gasteiger partial charge in [0.15, 0.2) is 11.0 Å². The minimum Gasteiger partial charge on any atom is -0.486 e. The van der Waals surface area contributed by atoms with Crippen molar-refractivity contribution in [1.29, 1.82) is 0 Å². The zero-order valence-corrected chi connectivity index (χ0v) is 18.7. The van der Waals surface area contributed by atoms with Crippen molar-refractivity contribution < 1.29 is 9.53 Å². The Morgan fingerprint density at radius 3 is 2.43 bits per heavy atom. The van der Waals surface area contributed by atoms with Gasteiger partial charge in [-0.15, -0.1) is 10.2 Å². The lowest BCUT2D eigenvalue weighted by Gasteiger charge is -2.56. The first-order valence-corrected chi connectivity index (χ1v) is 12.0. The first-order valence-electron chi connectivity index (χ1n) is 10.7. The third-order valence-corrected chi connectivity index (χ3v) is 8.15. The number of nitrogens with zero attached hydrogens (tertiary/aromatic N) is 3. The van der Waals surface area contributed by atoms with Gasteiger partial charge in [0.05, 0.1) is 5.75 Å². The van der Waals surface area contributed by atoms with Crippen molar-refractivity contribution in [3.05, 3.63) is 35.1 Å². The molecule has 1 aromatic heterocycles. The number of carbonyl (C=O) groups excluding carboxylic acids is 1. The molecular weight excluding hydrogens is 420 g/mol. The first kappa shape index (κ1) is 20.2. The van der Waals surface area contributed by atoms with Crippen LogP contribution in [0.2, 0.25) is 5.02 Å². The number of carbonyl (C=O) groups is 1. The van der Waals surface area contributed by atoms with E-state index < -0.39 is 0 Å². The Hall–Kier alpha value is -1.73. The molecule has 1 aromatic carbocycles. The Kier molecular flexibility index (Phi) is 5.44. The number of hydrogen-bond donors (Lipinski definition) is 1. The molecule has 30 heavy (non-hydrogen) atoms. The second kappa shape index (κ2) is 8.08. The van der Waals surface area contributed by atoms with Gasteiger partial charge in [-0.3, -0.25) is 4.79 Å². The quantitative estimate of drug-likeness (QED) is 0.644. The number of hydrogen-bond acceptors (Lipinski definition) is 5. The molecule has 1 N–H and O–H groups in total. The molecule has 0 spiro atoms. The second-order valence-electron chi connectivity index (χ2n) is 9.24. The number of rotatable bonds is 7. The van der Waals surface area contributed by atoms with E-state index in [9.17, 15) is 4.79 Å². The Balaban J connectivity index is 1.14. The molecule has 6 rings (SSSR count). The van der Waals surface area contributed by atoms with Crippen molar-refractivity contribution in [1.82, 2.24) is 20.1 Å². The highest BCUT2D eigenvalue weighted by Crippen LogP contribution is 2.55. The van der Waals surface area contributed by atoms with Gasteiger partial charge in [-0.25, -0.2) is 0 Å². The largest absolute Gasteiger partial charge is 0.486 e. The summed E-state index contributed by atoms with van der Waals surface area (Å²) in [6, 6.07) is 7.22. The molecule has 0 aliphatic heterocycles. The molecule has 6 nitrogen and oxygen atoms in total. The standard InChI is InChI=1S/C22H27ClN4O2S/c1-27-19(12-29-18-4-2-17(23)3-5-18)25-26-21(27)30-13-20(28)24-22-9-14-6-15(10-22)8-16(7-14)11-22/h2-5,14-16H,6-13H2,1H3,(H,24,28). The van der Waals surface area contributed by atoms with Crippen molar-refractivity contribution >= 4 is 29.3 Å². The van der Waals surface area contributed by atoms with Gasteiger partial charge in [0.2, 0.25) is 5.91 Å². The van der Waals surface area contributed by atoms with Crippen LogP contribution in [0.5, 0.6) is 5.75 Å². The molecule has 4 aliphatic carbocycles. The van der Waals surface area contributed by atoms with E-state index in [0.29, 0.717) is 23.2 Å². The van der Waals surface area contributed by atoms with Crippen molar-refractivity contribution in [2.45, 2.75) is 55.8 Å². The van der Waals surface area contributed by atoms with E-state index >= 15 is 0 Å². The van der Waals surface area contributed by atoms with Gasteiger partial charge in [0.1, 0.15) is 12.4 Å². The minimum absolute atomic E-state index is 0.0594. The lowest BCUT2D eigenvalue weighted by atomic mass is 9.53. The van der Waals surface area contributed by atoms with Crippen LogP contribution in [0.3, 0.4) is 0 Å². The second-order valence-corrected chi connectivity index (χ2v) is 10.6. The Morgan fingerprint density at radius 2 is 1.80 bits per heavy atom. The van der Waals surface area contributed by atoms with Gasteiger partial charge >= 0.3 is 0 Å². The van der Waals surface area contributed by atoms with Crippen LogP contribution in [-0.2, 0) is 18.4 Å². The molecular formula is C22H27ClN4O2S. The maximum Gasteiger partial charge on any atom is 0.230 e. The number of halogens is 1. The molecule has 0 unspecified atom stereocenters. The molecule has 0 saturated heterocycles. The van der Waals surface area contributed by atoms with E-state index in [-0.39, 0.29) is 11.4 Å². The fourth-order valence-corrected chi connectivity index (χ4v) is 6.86. The average Bonchev–Trinajstić information content (AvgIpc) is 3.04. The highest BCUT2D eigenvalue weighted by molar-refractivity contribution is 7.99. The van der Waals surface area contributed by atoms with E-state index in [4.69, 9.17) is 16.3 Å². The van der Waals surface area contributed by atoms with E-state index in [2.05, 4.69) is 15.5 Å². The monoisotopic (exact) mass is 446 g/mol. The first-order chi connectivity index (χ1) is 14.5. The number of thioether (sulfide) groups is 1. The lowest BCUT2D eigenvalue weighted by Crippen LogP contribution is -2.60. The molecule has 4 fully saturated rings. The van der Waals surface area contributed by atoms with Gasteiger partial charge in [0, 0.05) is 17.6 Å². The van der Waals surface area contributed by atoms with Crippen LogP contribution in [0.1, 0.15) is 44.3 Å². The van der Waals surface area contributed by atoms with Gasteiger partial charge < -0.3 is 14.6 Å². The van der Waals surface area contributed by atoms with Crippen LogP contribution in [0.15, 0.2) is 29.4 Å². The van der Waals surface area contributed by atoms with E-state index in [1.165, 1.54) is 50.3 Å². The van der Waals surface area contributed by atoms with Crippen LogP contribution in [0.4, 0.5) is 0 Å². The van der Waals surface area contributed by atoms with Crippen LogP contribution >= 0.6 is 23.4 Å². The van der Waals surface area contributed by atoms with Crippen molar-refractivity contribution in [2.75, 3.05) is 5.75 Å². The lowest BCUT2D eigenvalue weighted by molar-refractivity contribution is -0.124. The summed E-state index contributed by atoms with van der Waals surface area (Å²) >= 11 is 7.33. The zero-order chi connectivity index (χ0) is 20.7. The molecule has 4 bridgehead atoms. The molecule has 4 saturated carbocycles. The summed E-state index contributed by atoms with van der Waals surface area (Å²) in [4.78, 5) is 12.7. The molecule has 0 atom stereocenters. The van der Waals surface area contributed by atoms with Crippen molar-refractivity contribution in [3.8, 4) is 5.75 Å². The number of benzene rings is 1. The molecule has 1 amide bonds. The summed E-state index contributed by atoms with van der Waals surface area (Å²) in [6.45, 7) is 0.311. The Labute approximate surface area is 186 Å². The molecule has 2 aromatic rings. The predicted octanol–water partition coefficient (Wildman–Crippen LogP) is 4.22. The number of aromatic nitrogens is 3. The molecule has 4 aliphatic rings. The number of amides is 1. The van der Waals surface area contributed by atoms with Crippen LogP contribution < -0.4 is 10.1 Å². The molecule has 160 valence electrons. The zero-order valence-electron chi connectivity index (χ0n) is 17.1. The van der Waals surface area contributed by atoms with Crippen LogP contribution in [0.25, 0.3) is 0 Å². The number of ether oxygens (including phenoxy) is 1. The third-order valence-electron chi connectivity index (χ3n) is 6.88. The SMILES string of the molecule is Cn1c(COc2ccc(Cl)cc2)nnc1SCC(=O)NC12CC3CC(CC(C3)C1)C2. The maximum absolute atomic E-state index is 12.7. The third kappa shape index (κ3) is 4.19. The van der Waals surface area contributed by atoms with E-state index in [1.807, 2.05) is 23.7 Å². The smallest absolute Gasteiger partial charge is 0.230 e. The average molecular weight is 447 g/mol. The fraction of sp³-hybridized carbons (Fsp3) is 0.591. The van der Waals surface area contributed by atoms with E-state index in [1.54, 1.807) is 12.1 Å². The summed E-state index contributed by atoms with van der Waals surface area (Å²) in [5.74, 6) is 4.40. The van der Waals surface area contributed by atoms with Gasteiger partial charge in [-0.1, -0.05) is 23.4 Å². The summed E-state index contributed by atoms with van der Waals surface area (Å²) < 4.78 is 7.64. The maximum atomic E-state index is 12.7. The van der Waals surface area contributed by atoms with E-state index in [0.717, 1.165) is 28.7 Å². The topological polar surface area (TPSA) is 69.0 Å². The Morgan fingerprint density at radius 1 is 1.17 bits per heavy atom. The van der Waals surface area contributed by atoms with Gasteiger partial charge in [-0.05, 0) is 80.5 Å². The van der Waals surface area contributed by atoms with Crippen LogP contribution in [0, 0.1) is 17.8 Å². The predicted molar refractivity (Wildman–Crippen MR) is 117 cm³/mol. The normalized spacial score (nSPS) is 29.2. The molecule has 0 radical (unpaired) electrons. The molecule has 8 heteroatoms. The van der Waals surface area contributed by atoms with Gasteiger partial charge in [0.25, 0.3) is 0 Å². The summed E-state index contributed by atoms with van der Waals surface area (Å²) in [5, 5.41) is 13.3. The summed E-state index contributed by atoms with van der Waals surface area (Å²) in [6.07, 6.45) is 7.65. The highest BCUT2D eigenvalue weighted by atomic mass is 35.5. The van der Waals surface area contributed by atoms with Crippen molar-refractivity contribution in [3.63, 3.8) is 0 Å². The summed E-state index contributed by atoms with van der Waals surface area (Å²) in [7, 11) is 1.90. The fourth-order valence-electron chi connectivity index (χ4n) is 6.00. The summed E-state index contributed by atoms with van der Waals surface area (Å²) in [5.41, 5.74) is 0.0594. The number of nitrogens with one attached hydrogen (secondary N) is 1. The van der Waals surface area contributed by atoms with Crippen LogP contribution in [-0.4, -0.2) is 32.0 Å². The molecule has 1 heterocycles. The highest BCUT2D eigenvalue weighted by Gasteiger charge is 2.51. The van der Waals surface area contributed by atoms with Gasteiger partial charge in [-0.2, -0.15) is 0 Å². The Bertz CT molecular complexity index is 894. The minimum atomic E-state index is 0.0594. The van der Waals surface area contributed by atoms with Crippen molar-refractivity contribution in [2.24, 2.45) is 24.8 Å².